The average molecular weight is 388 g/mol. The van der Waals surface area contributed by atoms with Crippen molar-refractivity contribution in [1.29, 1.82) is 0 Å². The Morgan fingerprint density at radius 2 is 1.76 bits per heavy atom. The van der Waals surface area contributed by atoms with Crippen molar-refractivity contribution in [3.8, 4) is 0 Å². The molecule has 0 spiro atoms. The molecule has 1 atom stereocenters. The van der Waals surface area contributed by atoms with Crippen molar-refractivity contribution in [3.63, 3.8) is 0 Å². The molecule has 0 aliphatic carbocycles. The maximum Gasteiger partial charge on any atom is 0.224 e. The number of amides is 1. The molecule has 0 unspecified atom stereocenters. The SMILES string of the molecule is C[NH+](C)[C@@H](CNC(=O)Cc1coc2ccc3ccccc3c12)Cc1ccccc1. The monoisotopic (exact) mass is 387 g/mol. The zero-order chi connectivity index (χ0) is 20.2. The maximum absolute atomic E-state index is 12.7. The lowest BCUT2D eigenvalue weighted by Gasteiger charge is -2.22. The van der Waals surface area contributed by atoms with Gasteiger partial charge in [0.25, 0.3) is 0 Å². The summed E-state index contributed by atoms with van der Waals surface area (Å²) in [7, 11) is 4.27. The molecular formula is C25H27N2O2+. The molecule has 0 saturated carbocycles. The van der Waals surface area contributed by atoms with E-state index in [0.29, 0.717) is 19.0 Å². The Labute approximate surface area is 171 Å². The third kappa shape index (κ3) is 4.33. The van der Waals surface area contributed by atoms with Crippen molar-refractivity contribution < 1.29 is 14.1 Å². The molecule has 4 nitrogen and oxygen atoms in total. The van der Waals surface area contributed by atoms with Gasteiger partial charge in [-0.3, -0.25) is 4.79 Å². The molecule has 0 fully saturated rings. The molecule has 0 aliphatic heterocycles. The Kier molecular flexibility index (Phi) is 5.63. The lowest BCUT2D eigenvalue weighted by molar-refractivity contribution is -0.884. The minimum absolute atomic E-state index is 0.0277. The molecule has 0 bridgehead atoms. The predicted molar refractivity (Wildman–Crippen MR) is 117 cm³/mol. The number of carbonyl (C=O) groups is 1. The second kappa shape index (κ2) is 8.50. The Hall–Kier alpha value is -3.11. The van der Waals surface area contributed by atoms with Crippen LogP contribution in [0.25, 0.3) is 21.7 Å². The van der Waals surface area contributed by atoms with E-state index in [2.05, 4.69) is 61.9 Å². The van der Waals surface area contributed by atoms with E-state index in [1.807, 2.05) is 24.3 Å². The summed E-state index contributed by atoms with van der Waals surface area (Å²) >= 11 is 0. The minimum Gasteiger partial charge on any atom is -0.464 e. The summed E-state index contributed by atoms with van der Waals surface area (Å²) in [5, 5.41) is 6.45. The van der Waals surface area contributed by atoms with Gasteiger partial charge in [-0.25, -0.2) is 0 Å². The van der Waals surface area contributed by atoms with E-state index in [-0.39, 0.29) is 5.91 Å². The number of quaternary nitrogens is 1. The van der Waals surface area contributed by atoms with Crippen molar-refractivity contribution in [3.05, 3.63) is 84.1 Å². The second-order valence-corrected chi connectivity index (χ2v) is 7.87. The number of fused-ring (bicyclic) bond motifs is 3. The molecule has 1 amide bonds. The first-order valence-corrected chi connectivity index (χ1v) is 10.1. The number of rotatable bonds is 7. The number of likely N-dealkylation sites (N-methyl/N-ethyl adjacent to an activating group) is 1. The Balaban J connectivity index is 1.46. The first kappa shape index (κ1) is 19.2. The van der Waals surface area contributed by atoms with Gasteiger partial charge in [-0.1, -0.05) is 60.7 Å². The van der Waals surface area contributed by atoms with Gasteiger partial charge in [-0.05, 0) is 22.4 Å². The molecule has 4 aromatic rings. The van der Waals surface area contributed by atoms with E-state index in [0.717, 1.165) is 33.7 Å². The summed E-state index contributed by atoms with van der Waals surface area (Å²) in [5.41, 5.74) is 3.05. The van der Waals surface area contributed by atoms with Gasteiger partial charge in [-0.2, -0.15) is 0 Å². The molecule has 1 aromatic heterocycles. The molecule has 29 heavy (non-hydrogen) atoms. The summed E-state index contributed by atoms with van der Waals surface area (Å²) in [6, 6.07) is 23.0. The van der Waals surface area contributed by atoms with Crippen LogP contribution < -0.4 is 10.2 Å². The molecule has 1 heterocycles. The topological polar surface area (TPSA) is 46.7 Å². The number of furan rings is 1. The summed E-state index contributed by atoms with van der Waals surface area (Å²) < 4.78 is 5.72. The van der Waals surface area contributed by atoms with Gasteiger partial charge in [0, 0.05) is 17.4 Å². The summed E-state index contributed by atoms with van der Waals surface area (Å²) in [5.74, 6) is 0.0277. The number of benzene rings is 3. The molecular weight excluding hydrogens is 360 g/mol. The summed E-state index contributed by atoms with van der Waals surface area (Å²) in [6.07, 6.45) is 2.97. The van der Waals surface area contributed by atoms with E-state index >= 15 is 0 Å². The fraction of sp³-hybridized carbons (Fsp3) is 0.240. The number of carbonyl (C=O) groups excluding carboxylic acids is 1. The highest BCUT2D eigenvalue weighted by Crippen LogP contribution is 2.30. The van der Waals surface area contributed by atoms with E-state index in [1.165, 1.54) is 10.5 Å². The summed E-state index contributed by atoms with van der Waals surface area (Å²) in [4.78, 5) is 14.0. The Morgan fingerprint density at radius 3 is 2.55 bits per heavy atom. The van der Waals surface area contributed by atoms with Gasteiger partial charge in [0.1, 0.15) is 11.6 Å². The fourth-order valence-corrected chi connectivity index (χ4v) is 3.86. The van der Waals surface area contributed by atoms with Crippen LogP contribution in [0.15, 0.2) is 77.4 Å². The van der Waals surface area contributed by atoms with E-state index in [9.17, 15) is 4.79 Å². The zero-order valence-corrected chi connectivity index (χ0v) is 16.9. The number of hydrogen-bond donors (Lipinski definition) is 2. The van der Waals surface area contributed by atoms with Crippen molar-refractivity contribution in [2.45, 2.75) is 18.9 Å². The molecule has 3 aromatic carbocycles. The van der Waals surface area contributed by atoms with Gasteiger partial charge in [0.15, 0.2) is 0 Å². The third-order valence-electron chi connectivity index (χ3n) is 5.58. The molecule has 4 rings (SSSR count). The second-order valence-electron chi connectivity index (χ2n) is 7.87. The van der Waals surface area contributed by atoms with Crippen LogP contribution in [-0.4, -0.2) is 32.6 Å². The summed E-state index contributed by atoms with van der Waals surface area (Å²) in [6.45, 7) is 0.645. The van der Waals surface area contributed by atoms with E-state index in [1.54, 1.807) is 6.26 Å². The van der Waals surface area contributed by atoms with Crippen LogP contribution in [0.4, 0.5) is 0 Å². The quantitative estimate of drug-likeness (QED) is 0.512. The highest BCUT2D eigenvalue weighted by Gasteiger charge is 2.18. The van der Waals surface area contributed by atoms with Crippen LogP contribution in [0.1, 0.15) is 11.1 Å². The van der Waals surface area contributed by atoms with Gasteiger partial charge < -0.3 is 14.6 Å². The number of hydrogen-bond acceptors (Lipinski definition) is 2. The predicted octanol–water partition coefficient (Wildman–Crippen LogP) is 3.00. The standard InChI is InChI=1S/C25H26N2O2/c1-27(2)21(14-18-8-4-3-5-9-18)16-26-24(28)15-20-17-29-23-13-12-19-10-6-7-11-22(19)25(20)23/h3-13,17,21H,14-16H2,1-2H3,(H,26,28)/p+1/t21-/m1/s1. The Morgan fingerprint density at radius 1 is 1.00 bits per heavy atom. The van der Waals surface area contributed by atoms with Crippen LogP contribution in [0.2, 0.25) is 0 Å². The number of nitrogens with one attached hydrogen (secondary N) is 2. The minimum atomic E-state index is 0.0277. The van der Waals surface area contributed by atoms with Crippen LogP contribution in [0.3, 0.4) is 0 Å². The highest BCUT2D eigenvalue weighted by molar-refractivity contribution is 6.08. The van der Waals surface area contributed by atoms with Crippen LogP contribution in [0.5, 0.6) is 0 Å². The molecule has 0 saturated heterocycles. The van der Waals surface area contributed by atoms with Crippen molar-refractivity contribution in [1.82, 2.24) is 5.32 Å². The molecule has 148 valence electrons. The highest BCUT2D eigenvalue weighted by atomic mass is 16.3. The van der Waals surface area contributed by atoms with Crippen molar-refractivity contribution in [2.75, 3.05) is 20.6 Å². The molecule has 0 radical (unpaired) electrons. The van der Waals surface area contributed by atoms with Crippen LogP contribution in [-0.2, 0) is 17.6 Å². The van der Waals surface area contributed by atoms with Gasteiger partial charge >= 0.3 is 0 Å². The van der Waals surface area contributed by atoms with Crippen LogP contribution in [0, 0.1) is 0 Å². The zero-order valence-electron chi connectivity index (χ0n) is 16.9. The van der Waals surface area contributed by atoms with Crippen LogP contribution >= 0.6 is 0 Å². The third-order valence-corrected chi connectivity index (χ3v) is 5.58. The maximum atomic E-state index is 12.7. The van der Waals surface area contributed by atoms with Gasteiger partial charge in [0.2, 0.25) is 5.91 Å². The van der Waals surface area contributed by atoms with E-state index in [4.69, 9.17) is 4.42 Å². The van der Waals surface area contributed by atoms with Gasteiger partial charge in [-0.15, -0.1) is 0 Å². The van der Waals surface area contributed by atoms with Gasteiger partial charge in [0.05, 0.1) is 33.3 Å². The largest absolute Gasteiger partial charge is 0.464 e. The molecule has 2 N–H and O–H groups in total. The molecule has 4 heteroatoms. The fourth-order valence-electron chi connectivity index (χ4n) is 3.86. The first-order valence-electron chi connectivity index (χ1n) is 10.1. The smallest absolute Gasteiger partial charge is 0.224 e. The molecule has 0 aliphatic rings. The average Bonchev–Trinajstić information content (AvgIpc) is 3.15. The normalized spacial score (nSPS) is 12.5. The van der Waals surface area contributed by atoms with E-state index < -0.39 is 0 Å². The lowest BCUT2D eigenvalue weighted by Crippen LogP contribution is -3.11. The van der Waals surface area contributed by atoms with Crippen molar-refractivity contribution in [2.24, 2.45) is 0 Å². The van der Waals surface area contributed by atoms with Crippen molar-refractivity contribution >= 4 is 27.6 Å². The Bertz CT molecular complexity index is 1120. The lowest BCUT2D eigenvalue weighted by atomic mass is 10.0. The first-order chi connectivity index (χ1) is 14.1.